The largest absolute Gasteiger partial charge is 0.332 e. The number of fused-ring (bicyclic) bond motifs is 1. The summed E-state index contributed by atoms with van der Waals surface area (Å²) in [4.78, 5) is 23.0. The smallest absolute Gasteiger partial charge is 0.224 e. The van der Waals surface area contributed by atoms with Gasteiger partial charge in [0.1, 0.15) is 0 Å². The van der Waals surface area contributed by atoms with Gasteiger partial charge in [-0.3, -0.25) is 14.7 Å². The quantitative estimate of drug-likeness (QED) is 0.866. The fraction of sp³-hybridized carbons (Fsp3) is 0.444. The molecule has 2 aromatic rings. The highest BCUT2D eigenvalue weighted by molar-refractivity contribution is 7.09. The fourth-order valence-electron chi connectivity index (χ4n) is 3.88. The minimum Gasteiger partial charge on any atom is -0.332 e. The monoisotopic (exact) mass is 327 g/mol. The molecule has 0 aliphatic carbocycles. The van der Waals surface area contributed by atoms with Gasteiger partial charge >= 0.3 is 0 Å². The molecule has 0 spiro atoms. The highest BCUT2D eigenvalue weighted by atomic mass is 32.1. The zero-order valence-electron chi connectivity index (χ0n) is 13.3. The Kier molecular flexibility index (Phi) is 3.91. The van der Waals surface area contributed by atoms with Gasteiger partial charge in [0.25, 0.3) is 0 Å². The second-order valence-electron chi connectivity index (χ2n) is 6.47. The maximum Gasteiger partial charge on any atom is 0.224 e. The lowest BCUT2D eigenvalue weighted by Crippen LogP contribution is -2.36. The number of aryl methyl sites for hydroxylation is 1. The number of nitrogens with zero attached hydrogens (tertiary/aromatic N) is 3. The molecule has 5 heteroatoms. The van der Waals surface area contributed by atoms with Gasteiger partial charge < -0.3 is 4.90 Å². The SMILES string of the molecule is Cc1cccc(CN2C(=O)C[C@H]3[C@@H]2CCN3Cc2cccs2)n1. The van der Waals surface area contributed by atoms with E-state index in [2.05, 4.69) is 32.3 Å². The van der Waals surface area contributed by atoms with Gasteiger partial charge in [-0.1, -0.05) is 12.1 Å². The Balaban J connectivity index is 1.48. The van der Waals surface area contributed by atoms with E-state index in [0.29, 0.717) is 25.0 Å². The first-order chi connectivity index (χ1) is 11.2. The van der Waals surface area contributed by atoms with Crippen molar-refractivity contribution < 1.29 is 4.79 Å². The van der Waals surface area contributed by atoms with Crippen LogP contribution >= 0.6 is 11.3 Å². The predicted molar refractivity (Wildman–Crippen MR) is 91.1 cm³/mol. The molecule has 0 N–H and O–H groups in total. The predicted octanol–water partition coefficient (Wildman–Crippen LogP) is 2.83. The number of amides is 1. The molecule has 0 bridgehead atoms. The van der Waals surface area contributed by atoms with Crippen molar-refractivity contribution in [3.8, 4) is 0 Å². The summed E-state index contributed by atoms with van der Waals surface area (Å²) in [7, 11) is 0. The van der Waals surface area contributed by atoms with Crippen molar-refractivity contribution in [2.45, 2.75) is 44.9 Å². The second kappa shape index (κ2) is 6.06. The number of thiophene rings is 1. The average Bonchev–Trinajstić information content (AvgIpc) is 3.22. The molecule has 0 aromatic carbocycles. The lowest BCUT2D eigenvalue weighted by molar-refractivity contribution is -0.129. The van der Waals surface area contributed by atoms with Gasteiger partial charge in [0, 0.05) is 42.2 Å². The first-order valence-electron chi connectivity index (χ1n) is 8.19. The van der Waals surface area contributed by atoms with Gasteiger partial charge in [0.2, 0.25) is 5.91 Å². The number of aromatic nitrogens is 1. The van der Waals surface area contributed by atoms with E-state index >= 15 is 0 Å². The minimum atomic E-state index is 0.277. The molecule has 0 unspecified atom stereocenters. The normalized spacial score (nSPS) is 24.4. The third-order valence-corrected chi connectivity index (χ3v) is 5.81. The fourth-order valence-corrected chi connectivity index (χ4v) is 4.61. The van der Waals surface area contributed by atoms with E-state index in [0.717, 1.165) is 30.9 Å². The first-order valence-corrected chi connectivity index (χ1v) is 9.07. The van der Waals surface area contributed by atoms with Crippen LogP contribution in [-0.4, -0.2) is 39.3 Å². The van der Waals surface area contributed by atoms with Crippen molar-refractivity contribution in [2.75, 3.05) is 6.54 Å². The van der Waals surface area contributed by atoms with Gasteiger partial charge in [-0.2, -0.15) is 0 Å². The lowest BCUT2D eigenvalue weighted by atomic mass is 10.1. The van der Waals surface area contributed by atoms with Crippen molar-refractivity contribution in [2.24, 2.45) is 0 Å². The third kappa shape index (κ3) is 2.91. The van der Waals surface area contributed by atoms with Crippen LogP contribution in [0.1, 0.15) is 29.1 Å². The molecule has 0 saturated carbocycles. The van der Waals surface area contributed by atoms with E-state index in [9.17, 15) is 4.79 Å². The molecule has 1 amide bonds. The Morgan fingerprint density at radius 3 is 2.91 bits per heavy atom. The van der Waals surface area contributed by atoms with Crippen LogP contribution in [0, 0.1) is 6.92 Å². The molecular formula is C18H21N3OS. The molecule has 2 aliphatic heterocycles. The summed E-state index contributed by atoms with van der Waals surface area (Å²) in [5, 5.41) is 2.12. The van der Waals surface area contributed by atoms with Crippen molar-refractivity contribution in [3.05, 3.63) is 52.0 Å². The summed E-state index contributed by atoms with van der Waals surface area (Å²) in [6, 6.07) is 11.0. The van der Waals surface area contributed by atoms with Gasteiger partial charge in [-0.25, -0.2) is 0 Å². The van der Waals surface area contributed by atoms with Crippen LogP contribution in [0.5, 0.6) is 0 Å². The van der Waals surface area contributed by atoms with Gasteiger partial charge in [0.15, 0.2) is 0 Å². The second-order valence-corrected chi connectivity index (χ2v) is 7.50. The number of hydrogen-bond acceptors (Lipinski definition) is 4. The van der Waals surface area contributed by atoms with Crippen LogP contribution in [0.2, 0.25) is 0 Å². The zero-order chi connectivity index (χ0) is 15.8. The summed E-state index contributed by atoms with van der Waals surface area (Å²) >= 11 is 1.80. The van der Waals surface area contributed by atoms with Crippen LogP contribution in [0.3, 0.4) is 0 Å². The van der Waals surface area contributed by atoms with Crippen molar-refractivity contribution in [3.63, 3.8) is 0 Å². The maximum atomic E-state index is 12.5. The molecule has 4 rings (SSSR count). The van der Waals surface area contributed by atoms with E-state index in [-0.39, 0.29) is 5.91 Å². The molecular weight excluding hydrogens is 306 g/mol. The van der Waals surface area contributed by atoms with E-state index in [1.165, 1.54) is 4.88 Å². The Morgan fingerprint density at radius 1 is 1.22 bits per heavy atom. The summed E-state index contributed by atoms with van der Waals surface area (Å²) in [6.45, 7) is 4.70. The van der Waals surface area contributed by atoms with Crippen molar-refractivity contribution in [1.29, 1.82) is 0 Å². The molecule has 23 heavy (non-hydrogen) atoms. The lowest BCUT2D eigenvalue weighted by Gasteiger charge is -2.25. The summed E-state index contributed by atoms with van der Waals surface area (Å²) in [6.07, 6.45) is 1.73. The molecule has 120 valence electrons. The summed E-state index contributed by atoms with van der Waals surface area (Å²) < 4.78 is 0. The Morgan fingerprint density at radius 2 is 2.13 bits per heavy atom. The number of hydrogen-bond donors (Lipinski definition) is 0. The average molecular weight is 327 g/mol. The molecule has 2 atom stereocenters. The molecule has 4 nitrogen and oxygen atoms in total. The first kappa shape index (κ1) is 14.8. The topological polar surface area (TPSA) is 36.4 Å². The number of carbonyl (C=O) groups excluding carboxylic acids is 1. The Hall–Kier alpha value is -1.72. The Bertz CT molecular complexity index is 700. The zero-order valence-corrected chi connectivity index (χ0v) is 14.1. The molecule has 2 aliphatic rings. The number of rotatable bonds is 4. The van der Waals surface area contributed by atoms with Crippen LogP contribution in [-0.2, 0) is 17.9 Å². The van der Waals surface area contributed by atoms with Crippen molar-refractivity contribution in [1.82, 2.24) is 14.8 Å². The van der Waals surface area contributed by atoms with Crippen molar-refractivity contribution >= 4 is 17.2 Å². The van der Waals surface area contributed by atoms with Crippen LogP contribution in [0.4, 0.5) is 0 Å². The minimum absolute atomic E-state index is 0.277. The van der Waals surface area contributed by atoms with Crippen LogP contribution < -0.4 is 0 Å². The Labute approximate surface area is 140 Å². The summed E-state index contributed by atoms with van der Waals surface area (Å²) in [5.41, 5.74) is 2.01. The summed E-state index contributed by atoms with van der Waals surface area (Å²) in [5.74, 6) is 0.277. The van der Waals surface area contributed by atoms with Crippen LogP contribution in [0.25, 0.3) is 0 Å². The van der Waals surface area contributed by atoms with Crippen LogP contribution in [0.15, 0.2) is 35.7 Å². The molecule has 0 radical (unpaired) electrons. The highest BCUT2D eigenvalue weighted by Crippen LogP contribution is 2.34. The van der Waals surface area contributed by atoms with E-state index in [1.54, 1.807) is 11.3 Å². The number of pyridine rings is 1. The number of likely N-dealkylation sites (tertiary alicyclic amines) is 2. The third-order valence-electron chi connectivity index (χ3n) is 4.95. The maximum absolute atomic E-state index is 12.5. The molecule has 2 fully saturated rings. The van der Waals surface area contributed by atoms with E-state index < -0.39 is 0 Å². The molecule has 2 saturated heterocycles. The molecule has 2 aromatic heterocycles. The van der Waals surface area contributed by atoms with E-state index in [1.807, 2.05) is 25.1 Å². The van der Waals surface area contributed by atoms with Gasteiger partial charge in [-0.15, -0.1) is 11.3 Å². The molecule has 4 heterocycles. The standard InChI is InChI=1S/C18H21N3OS/c1-13-4-2-5-14(19-13)11-21-16-7-8-20(17(16)10-18(21)22)12-15-6-3-9-23-15/h2-6,9,16-17H,7-8,10-12H2,1H3/t16-,17-/m0/s1. The van der Waals surface area contributed by atoms with Gasteiger partial charge in [0.05, 0.1) is 12.2 Å². The highest BCUT2D eigenvalue weighted by Gasteiger charge is 2.46. The number of carbonyl (C=O) groups is 1. The van der Waals surface area contributed by atoms with E-state index in [4.69, 9.17) is 0 Å². The van der Waals surface area contributed by atoms with Gasteiger partial charge in [-0.05, 0) is 36.9 Å².